The maximum atomic E-state index is 12.8. The van der Waals surface area contributed by atoms with Crippen molar-refractivity contribution in [2.45, 2.75) is 12.1 Å². The number of esters is 1. The number of carbonyl (C=O) groups excluding carboxylic acids is 1. The van der Waals surface area contributed by atoms with Gasteiger partial charge in [-0.2, -0.15) is 18.4 Å². The molecule has 0 aliphatic heterocycles. The Labute approximate surface area is 106 Å². The van der Waals surface area contributed by atoms with Crippen LogP contribution >= 0.6 is 11.6 Å². The second-order valence-corrected chi connectivity index (χ2v) is 3.52. The van der Waals surface area contributed by atoms with E-state index in [2.05, 4.69) is 4.74 Å². The Bertz CT molecular complexity index is 520. The molecule has 7 heteroatoms. The van der Waals surface area contributed by atoms with Crippen LogP contribution in [0.5, 0.6) is 0 Å². The summed E-state index contributed by atoms with van der Waals surface area (Å²) < 4.78 is 42.6. The largest absolute Gasteiger partial charge is 0.465 e. The summed E-state index contributed by atoms with van der Waals surface area (Å²) in [6.07, 6.45) is -4.72. The van der Waals surface area contributed by atoms with Crippen molar-refractivity contribution >= 4 is 17.6 Å². The molecular weight excluding hydrogens is 271 g/mol. The van der Waals surface area contributed by atoms with Gasteiger partial charge in [-0.1, -0.05) is 0 Å². The highest BCUT2D eigenvalue weighted by Gasteiger charge is 2.37. The van der Waals surface area contributed by atoms with Gasteiger partial charge in [0.2, 0.25) is 0 Å². The highest BCUT2D eigenvalue weighted by Crippen LogP contribution is 2.35. The Morgan fingerprint density at radius 1 is 1.50 bits per heavy atom. The molecule has 0 bridgehead atoms. The topological polar surface area (TPSA) is 50.1 Å². The Kier molecular flexibility index (Phi) is 4.19. The van der Waals surface area contributed by atoms with Gasteiger partial charge in [-0.25, -0.2) is 4.79 Å². The normalized spacial score (nSPS) is 10.9. The molecule has 1 aromatic rings. The molecule has 1 aromatic carbocycles. The van der Waals surface area contributed by atoms with Crippen molar-refractivity contribution in [3.63, 3.8) is 0 Å². The summed E-state index contributed by atoms with van der Waals surface area (Å²) in [5.41, 5.74) is -2.14. The predicted octanol–water partition coefficient (Wildman–Crippen LogP) is 3.10. The van der Waals surface area contributed by atoms with Gasteiger partial charge < -0.3 is 4.74 Å². The van der Waals surface area contributed by atoms with Gasteiger partial charge in [-0.3, -0.25) is 0 Å². The first kappa shape index (κ1) is 14.3. The number of rotatable bonds is 2. The number of nitrogens with zero attached hydrogens (tertiary/aromatic N) is 1. The number of halogens is 4. The summed E-state index contributed by atoms with van der Waals surface area (Å²) in [5, 5.41) is 8.78. The maximum Gasteiger partial charge on any atom is 0.417 e. The van der Waals surface area contributed by atoms with E-state index in [-0.39, 0.29) is 11.1 Å². The molecule has 0 aliphatic carbocycles. The second-order valence-electron chi connectivity index (χ2n) is 3.25. The molecule has 0 amide bonds. The molecule has 0 saturated carbocycles. The number of alkyl halides is 4. The monoisotopic (exact) mass is 277 g/mol. The third kappa shape index (κ3) is 2.57. The van der Waals surface area contributed by atoms with Crippen LogP contribution in [0.1, 0.15) is 27.0 Å². The van der Waals surface area contributed by atoms with Crippen molar-refractivity contribution < 1.29 is 22.7 Å². The first-order valence-electron chi connectivity index (χ1n) is 4.64. The second kappa shape index (κ2) is 5.27. The lowest BCUT2D eigenvalue weighted by Crippen LogP contribution is -2.17. The van der Waals surface area contributed by atoms with Crippen molar-refractivity contribution in [2.24, 2.45) is 0 Å². The van der Waals surface area contributed by atoms with Crippen LogP contribution in [0.2, 0.25) is 0 Å². The highest BCUT2D eigenvalue weighted by atomic mass is 35.5. The van der Waals surface area contributed by atoms with Gasteiger partial charge >= 0.3 is 12.1 Å². The van der Waals surface area contributed by atoms with Crippen molar-refractivity contribution in [1.29, 1.82) is 5.26 Å². The molecule has 18 heavy (non-hydrogen) atoms. The zero-order chi connectivity index (χ0) is 13.9. The minimum atomic E-state index is -4.72. The van der Waals surface area contributed by atoms with Crippen LogP contribution in [0, 0.1) is 11.3 Å². The highest BCUT2D eigenvalue weighted by molar-refractivity contribution is 6.18. The molecule has 0 heterocycles. The van der Waals surface area contributed by atoms with Gasteiger partial charge in [0.1, 0.15) is 0 Å². The third-order valence-corrected chi connectivity index (χ3v) is 2.53. The molecule has 0 N–H and O–H groups in total. The standard InChI is InChI=1S/C11H7ClF3NO2/c1-18-10(17)9-7(4-12)6(5-16)2-3-8(9)11(13,14)15/h2-3H,4H2,1H3. The van der Waals surface area contributed by atoms with Crippen molar-refractivity contribution in [3.8, 4) is 6.07 Å². The average molecular weight is 278 g/mol. The number of hydrogen-bond donors (Lipinski definition) is 0. The Balaban J connectivity index is 3.66. The first-order chi connectivity index (χ1) is 8.36. The van der Waals surface area contributed by atoms with Gasteiger partial charge in [-0.15, -0.1) is 11.6 Å². The number of ether oxygens (including phenoxy) is 1. The Hall–Kier alpha value is -1.74. The van der Waals surface area contributed by atoms with Crippen LogP contribution in [0.3, 0.4) is 0 Å². The van der Waals surface area contributed by atoms with Crippen LogP contribution in [-0.4, -0.2) is 13.1 Å². The molecule has 96 valence electrons. The fraction of sp³-hybridized carbons (Fsp3) is 0.273. The van der Waals surface area contributed by atoms with Gasteiger partial charge in [0.15, 0.2) is 0 Å². The molecular formula is C11H7ClF3NO2. The minimum Gasteiger partial charge on any atom is -0.465 e. The summed E-state index contributed by atoms with van der Waals surface area (Å²) in [6, 6.07) is 3.33. The van der Waals surface area contributed by atoms with Crippen molar-refractivity contribution in [1.82, 2.24) is 0 Å². The van der Waals surface area contributed by atoms with E-state index in [0.29, 0.717) is 6.07 Å². The summed E-state index contributed by atoms with van der Waals surface area (Å²) in [4.78, 5) is 11.4. The quantitative estimate of drug-likeness (QED) is 0.616. The van der Waals surface area contributed by atoms with E-state index >= 15 is 0 Å². The molecule has 0 spiro atoms. The van der Waals surface area contributed by atoms with Crippen LogP contribution < -0.4 is 0 Å². The Morgan fingerprint density at radius 3 is 2.50 bits per heavy atom. The van der Waals surface area contributed by atoms with E-state index in [1.807, 2.05) is 0 Å². The minimum absolute atomic E-state index is 0.0848. The average Bonchev–Trinajstić information content (AvgIpc) is 2.34. The summed E-state index contributed by atoms with van der Waals surface area (Å²) in [6.45, 7) is 0. The van der Waals surface area contributed by atoms with Gasteiger partial charge in [0, 0.05) is 5.88 Å². The molecule has 0 unspecified atom stereocenters. The fourth-order valence-corrected chi connectivity index (χ4v) is 1.74. The molecule has 0 atom stereocenters. The fourth-order valence-electron chi connectivity index (χ4n) is 1.46. The SMILES string of the molecule is COC(=O)c1c(C(F)(F)F)ccc(C#N)c1CCl. The van der Waals surface area contributed by atoms with E-state index in [1.165, 1.54) is 0 Å². The Morgan fingerprint density at radius 2 is 2.11 bits per heavy atom. The van der Waals surface area contributed by atoms with Gasteiger partial charge in [-0.05, 0) is 17.7 Å². The van der Waals surface area contributed by atoms with Crippen LogP contribution in [-0.2, 0) is 16.8 Å². The molecule has 1 rings (SSSR count). The number of nitriles is 1. The van der Waals surface area contributed by atoms with Crippen molar-refractivity contribution in [2.75, 3.05) is 7.11 Å². The third-order valence-electron chi connectivity index (χ3n) is 2.26. The summed E-state index contributed by atoms with van der Waals surface area (Å²) in [7, 11) is 0.958. The summed E-state index contributed by atoms with van der Waals surface area (Å²) >= 11 is 5.51. The van der Waals surface area contributed by atoms with E-state index in [9.17, 15) is 18.0 Å². The first-order valence-corrected chi connectivity index (χ1v) is 5.17. The van der Waals surface area contributed by atoms with Crippen LogP contribution in [0.15, 0.2) is 12.1 Å². The van der Waals surface area contributed by atoms with Crippen LogP contribution in [0.25, 0.3) is 0 Å². The molecule has 3 nitrogen and oxygen atoms in total. The lowest BCUT2D eigenvalue weighted by molar-refractivity contribution is -0.138. The van der Waals surface area contributed by atoms with Crippen molar-refractivity contribution in [3.05, 3.63) is 34.4 Å². The zero-order valence-corrected chi connectivity index (χ0v) is 9.89. The predicted molar refractivity (Wildman–Crippen MR) is 57.1 cm³/mol. The lowest BCUT2D eigenvalue weighted by atomic mass is 9.97. The lowest BCUT2D eigenvalue weighted by Gasteiger charge is -2.15. The molecule has 0 radical (unpaired) electrons. The zero-order valence-electron chi connectivity index (χ0n) is 9.14. The molecule has 0 aromatic heterocycles. The summed E-state index contributed by atoms with van der Waals surface area (Å²) in [5.74, 6) is -1.56. The smallest absolute Gasteiger partial charge is 0.417 e. The number of hydrogen-bond acceptors (Lipinski definition) is 3. The maximum absolute atomic E-state index is 12.8. The molecule has 0 saturated heterocycles. The number of methoxy groups -OCH3 is 1. The van der Waals surface area contributed by atoms with E-state index in [0.717, 1.165) is 13.2 Å². The van der Waals surface area contributed by atoms with E-state index < -0.39 is 29.2 Å². The number of benzene rings is 1. The molecule has 0 fully saturated rings. The number of carbonyl (C=O) groups is 1. The van der Waals surface area contributed by atoms with Gasteiger partial charge in [0.25, 0.3) is 0 Å². The van der Waals surface area contributed by atoms with Gasteiger partial charge in [0.05, 0.1) is 29.9 Å². The van der Waals surface area contributed by atoms with E-state index in [4.69, 9.17) is 16.9 Å². The van der Waals surface area contributed by atoms with Crippen LogP contribution in [0.4, 0.5) is 13.2 Å². The molecule has 0 aliphatic rings. The van der Waals surface area contributed by atoms with E-state index in [1.54, 1.807) is 6.07 Å².